The van der Waals surface area contributed by atoms with Crippen LogP contribution in [0.25, 0.3) is 43.8 Å². The van der Waals surface area contributed by atoms with E-state index < -0.39 is 0 Å². The molecule has 0 radical (unpaired) electrons. The lowest BCUT2D eigenvalue weighted by Gasteiger charge is -2.17. The van der Waals surface area contributed by atoms with Crippen LogP contribution in [0.2, 0.25) is 5.02 Å². The summed E-state index contributed by atoms with van der Waals surface area (Å²) in [5.41, 5.74) is 7.22. The van der Waals surface area contributed by atoms with Gasteiger partial charge in [-0.05, 0) is 69.3 Å². The second kappa shape index (κ2) is 7.06. The van der Waals surface area contributed by atoms with Crippen molar-refractivity contribution in [3.63, 3.8) is 0 Å². The summed E-state index contributed by atoms with van der Waals surface area (Å²) in [6.45, 7) is 4.32. The Morgan fingerprint density at radius 2 is 0.966 bits per heavy atom. The molecule has 29 heavy (non-hydrogen) atoms. The van der Waals surface area contributed by atoms with Crippen LogP contribution < -0.4 is 0 Å². The quantitative estimate of drug-likeness (QED) is 0.282. The Bertz CT molecular complexity index is 1380. The first-order valence-corrected chi connectivity index (χ1v) is 10.3. The third-order valence-electron chi connectivity index (χ3n) is 5.86. The Kier molecular flexibility index (Phi) is 4.38. The van der Waals surface area contributed by atoms with Gasteiger partial charge in [0.1, 0.15) is 0 Å². The summed E-state index contributed by atoms with van der Waals surface area (Å²) in [6.07, 6.45) is 0. The second-order valence-corrected chi connectivity index (χ2v) is 8.02. The van der Waals surface area contributed by atoms with Crippen molar-refractivity contribution in [2.45, 2.75) is 13.8 Å². The monoisotopic (exact) mass is 392 g/mol. The minimum atomic E-state index is 0.779. The van der Waals surface area contributed by atoms with Gasteiger partial charge in [0.05, 0.1) is 0 Å². The molecule has 0 saturated heterocycles. The molecular formula is C28H21Cl. The molecule has 1 heteroatoms. The van der Waals surface area contributed by atoms with E-state index in [1.807, 2.05) is 12.1 Å². The standard InChI is InChI=1S/C28H21Cl/c1-18-14-16-24(22-10-5-3-8-20(18)22)25-12-7-13-27(29)28(25)26-17-15-19(2)21-9-4-6-11-23(21)26/h3-17H,1-2H3. The fourth-order valence-electron chi connectivity index (χ4n) is 4.37. The molecule has 0 atom stereocenters. The first-order chi connectivity index (χ1) is 14.1. The van der Waals surface area contributed by atoms with E-state index in [2.05, 4.69) is 92.7 Å². The SMILES string of the molecule is Cc1ccc(-c2cccc(Cl)c2-c2ccc(C)c3ccccc23)c2ccccc12. The van der Waals surface area contributed by atoms with Gasteiger partial charge in [0.25, 0.3) is 0 Å². The summed E-state index contributed by atoms with van der Waals surface area (Å²) < 4.78 is 0. The van der Waals surface area contributed by atoms with Gasteiger partial charge in [-0.1, -0.05) is 96.5 Å². The Labute approximate surface area is 176 Å². The number of fused-ring (bicyclic) bond motifs is 2. The summed E-state index contributed by atoms with van der Waals surface area (Å²) in [5, 5.41) is 5.82. The van der Waals surface area contributed by atoms with Crippen LogP contribution in [-0.4, -0.2) is 0 Å². The molecule has 0 amide bonds. The molecule has 0 aromatic heterocycles. The number of halogens is 1. The fraction of sp³-hybridized carbons (Fsp3) is 0.0714. The van der Waals surface area contributed by atoms with Crippen LogP contribution in [0.1, 0.15) is 11.1 Å². The van der Waals surface area contributed by atoms with Gasteiger partial charge in [-0.3, -0.25) is 0 Å². The summed E-state index contributed by atoms with van der Waals surface area (Å²) >= 11 is 6.84. The molecule has 0 fully saturated rings. The average Bonchev–Trinajstić information content (AvgIpc) is 2.75. The molecule has 0 heterocycles. The topological polar surface area (TPSA) is 0 Å². The van der Waals surface area contributed by atoms with Crippen LogP contribution in [-0.2, 0) is 0 Å². The number of aryl methyl sites for hydroxylation is 2. The van der Waals surface area contributed by atoms with Crippen LogP contribution in [0.15, 0.2) is 91.0 Å². The van der Waals surface area contributed by atoms with Crippen LogP contribution in [0.5, 0.6) is 0 Å². The molecular weight excluding hydrogens is 372 g/mol. The van der Waals surface area contributed by atoms with Gasteiger partial charge in [-0.15, -0.1) is 0 Å². The van der Waals surface area contributed by atoms with Crippen LogP contribution >= 0.6 is 11.6 Å². The van der Waals surface area contributed by atoms with Crippen molar-refractivity contribution in [3.05, 3.63) is 107 Å². The van der Waals surface area contributed by atoms with Gasteiger partial charge in [-0.25, -0.2) is 0 Å². The highest BCUT2D eigenvalue weighted by molar-refractivity contribution is 6.34. The van der Waals surface area contributed by atoms with E-state index in [1.165, 1.54) is 49.4 Å². The molecule has 5 aromatic carbocycles. The van der Waals surface area contributed by atoms with E-state index in [1.54, 1.807) is 0 Å². The first-order valence-electron chi connectivity index (χ1n) is 9.91. The molecule has 0 unspecified atom stereocenters. The zero-order valence-electron chi connectivity index (χ0n) is 16.5. The lowest BCUT2D eigenvalue weighted by molar-refractivity contribution is 1.51. The van der Waals surface area contributed by atoms with E-state index in [4.69, 9.17) is 11.6 Å². The van der Waals surface area contributed by atoms with E-state index in [-0.39, 0.29) is 0 Å². The minimum absolute atomic E-state index is 0.779. The maximum atomic E-state index is 6.84. The predicted molar refractivity (Wildman–Crippen MR) is 127 cm³/mol. The van der Waals surface area contributed by atoms with E-state index >= 15 is 0 Å². The van der Waals surface area contributed by atoms with Gasteiger partial charge in [0.2, 0.25) is 0 Å². The van der Waals surface area contributed by atoms with Crippen LogP contribution in [0.4, 0.5) is 0 Å². The van der Waals surface area contributed by atoms with Crippen molar-refractivity contribution in [1.82, 2.24) is 0 Å². The van der Waals surface area contributed by atoms with Crippen molar-refractivity contribution in [1.29, 1.82) is 0 Å². The summed E-state index contributed by atoms with van der Waals surface area (Å²) in [7, 11) is 0. The van der Waals surface area contributed by atoms with Gasteiger partial charge < -0.3 is 0 Å². The average molecular weight is 393 g/mol. The second-order valence-electron chi connectivity index (χ2n) is 7.61. The lowest BCUT2D eigenvalue weighted by atomic mass is 9.88. The number of hydrogen-bond acceptors (Lipinski definition) is 0. The first kappa shape index (κ1) is 18.0. The molecule has 0 aliphatic heterocycles. The highest BCUT2D eigenvalue weighted by Crippen LogP contribution is 2.43. The summed E-state index contributed by atoms with van der Waals surface area (Å²) in [5.74, 6) is 0. The normalized spacial score (nSPS) is 11.3. The fourth-order valence-corrected chi connectivity index (χ4v) is 4.65. The molecule has 0 aliphatic carbocycles. The van der Waals surface area contributed by atoms with Crippen molar-refractivity contribution >= 4 is 33.1 Å². The zero-order chi connectivity index (χ0) is 20.0. The van der Waals surface area contributed by atoms with Gasteiger partial charge >= 0.3 is 0 Å². The number of hydrogen-bond donors (Lipinski definition) is 0. The lowest BCUT2D eigenvalue weighted by Crippen LogP contribution is -1.91. The van der Waals surface area contributed by atoms with Crippen molar-refractivity contribution in [2.75, 3.05) is 0 Å². The van der Waals surface area contributed by atoms with Gasteiger partial charge in [0.15, 0.2) is 0 Å². The molecule has 0 spiro atoms. The molecule has 0 nitrogen and oxygen atoms in total. The zero-order valence-corrected chi connectivity index (χ0v) is 17.3. The third kappa shape index (κ3) is 2.92. The summed E-state index contributed by atoms with van der Waals surface area (Å²) in [4.78, 5) is 0. The molecule has 140 valence electrons. The Morgan fingerprint density at radius 1 is 0.448 bits per heavy atom. The molecule has 5 rings (SSSR count). The number of benzene rings is 5. The van der Waals surface area contributed by atoms with Crippen LogP contribution in [0.3, 0.4) is 0 Å². The third-order valence-corrected chi connectivity index (χ3v) is 6.17. The number of rotatable bonds is 2. The van der Waals surface area contributed by atoms with Crippen LogP contribution in [0, 0.1) is 13.8 Å². The smallest absolute Gasteiger partial charge is 0.0490 e. The highest BCUT2D eigenvalue weighted by Gasteiger charge is 2.16. The predicted octanol–water partition coefficient (Wildman–Crippen LogP) is 8.60. The minimum Gasteiger partial charge on any atom is -0.0836 e. The maximum absolute atomic E-state index is 6.84. The molecule has 0 saturated carbocycles. The highest BCUT2D eigenvalue weighted by atomic mass is 35.5. The van der Waals surface area contributed by atoms with E-state index in [0.29, 0.717) is 0 Å². The Balaban J connectivity index is 1.88. The van der Waals surface area contributed by atoms with Gasteiger partial charge in [0, 0.05) is 10.6 Å². The van der Waals surface area contributed by atoms with Gasteiger partial charge in [-0.2, -0.15) is 0 Å². The maximum Gasteiger partial charge on any atom is 0.0490 e. The molecule has 0 bridgehead atoms. The molecule has 0 aliphatic rings. The van der Waals surface area contributed by atoms with Crippen molar-refractivity contribution < 1.29 is 0 Å². The van der Waals surface area contributed by atoms with Crippen molar-refractivity contribution in [2.24, 2.45) is 0 Å². The van der Waals surface area contributed by atoms with E-state index in [9.17, 15) is 0 Å². The summed E-state index contributed by atoms with van der Waals surface area (Å²) in [6, 6.07) is 32.2. The van der Waals surface area contributed by atoms with E-state index in [0.717, 1.165) is 10.6 Å². The van der Waals surface area contributed by atoms with Crippen molar-refractivity contribution in [3.8, 4) is 22.3 Å². The largest absolute Gasteiger partial charge is 0.0836 e. The Morgan fingerprint density at radius 3 is 1.59 bits per heavy atom. The Hall–Kier alpha value is -3.09. The molecule has 0 N–H and O–H groups in total. The molecule has 5 aromatic rings.